The molecular weight excluding hydrogens is 773 g/mol. The van der Waals surface area contributed by atoms with Crippen LogP contribution in [0.25, 0.3) is 0 Å². The van der Waals surface area contributed by atoms with E-state index in [0.717, 1.165) is 0 Å². The van der Waals surface area contributed by atoms with Gasteiger partial charge in [0.1, 0.15) is 0 Å². The van der Waals surface area contributed by atoms with Crippen LogP contribution in [0.5, 0.6) is 0 Å². The molecular formula is C49H98OSi6. The van der Waals surface area contributed by atoms with Crippen LogP contribution in [-0.4, -0.2) is 51.9 Å². The second-order valence-corrected chi connectivity index (χ2v) is 78.0. The molecule has 1 aromatic rings. The Morgan fingerprint density at radius 3 is 0.804 bits per heavy atom. The van der Waals surface area contributed by atoms with E-state index in [2.05, 4.69) is 254 Å². The van der Waals surface area contributed by atoms with Gasteiger partial charge in [-0.2, -0.15) is 0 Å². The monoisotopic (exact) mass is 871 g/mol. The van der Waals surface area contributed by atoms with Crippen molar-refractivity contribution in [2.75, 3.05) is 7.11 Å². The van der Waals surface area contributed by atoms with Gasteiger partial charge in [-0.25, -0.2) is 0 Å². The molecule has 324 valence electrons. The molecule has 7 heteroatoms. The zero-order valence-electron chi connectivity index (χ0n) is 43.3. The molecule has 1 aliphatic carbocycles. The van der Waals surface area contributed by atoms with E-state index in [9.17, 15) is 0 Å². The fraction of sp³-hybridized carbons (Fsp3) is 0.796. The van der Waals surface area contributed by atoms with Gasteiger partial charge in [0.15, 0.2) is 7.35 Å². The van der Waals surface area contributed by atoms with E-state index >= 15 is 0 Å². The van der Waals surface area contributed by atoms with Crippen LogP contribution in [0.1, 0.15) is 166 Å². The lowest BCUT2D eigenvalue weighted by molar-refractivity contribution is 0.406. The number of hydrogen-bond acceptors (Lipinski definition) is 1. The molecule has 0 bridgehead atoms. The lowest BCUT2D eigenvalue weighted by Crippen LogP contribution is -2.90. The van der Waals surface area contributed by atoms with E-state index in [1.807, 2.05) is 0 Å². The van der Waals surface area contributed by atoms with E-state index in [0.29, 0.717) is 11.1 Å². The van der Waals surface area contributed by atoms with Crippen LogP contribution in [0.15, 0.2) is 54.6 Å². The number of hydrogen-bond donors (Lipinski definition) is 0. The normalized spacial score (nSPS) is 19.8. The quantitative estimate of drug-likeness (QED) is 0.187. The van der Waals surface area contributed by atoms with Gasteiger partial charge in [0.25, 0.3) is 0 Å². The molecule has 0 saturated heterocycles. The average molecular weight is 872 g/mol. The van der Waals surface area contributed by atoms with Gasteiger partial charge in [-0.05, 0) is 45.8 Å². The van der Waals surface area contributed by atoms with Crippen molar-refractivity contribution in [3.63, 3.8) is 0 Å². The standard InChI is InChI=1S/C49H98OSi6/c1-42(2,3)51(26,43(4,5)6)55(39-33-31-30-32-34-39,52(27,44(7,8)9)45(10,11)12)40-35-37-41(38-36-40)56(50-25,53(28,46(13,14)15)47(16,17)18)54(29,48(19,20)21)49(22,23)24/h30-38,40-41H,1-29H3. The molecule has 0 unspecified atom stereocenters. The topological polar surface area (TPSA) is 9.23 Å². The van der Waals surface area contributed by atoms with Crippen molar-refractivity contribution in [3.8, 4) is 0 Å². The third-order valence-corrected chi connectivity index (χ3v) is 115. The molecule has 0 heterocycles. The Hall–Kier alpha value is -0.0387. The third-order valence-electron chi connectivity index (χ3n) is 18.6. The first-order valence-electron chi connectivity index (χ1n) is 22.4. The Bertz CT molecular complexity index is 1420. The fourth-order valence-electron chi connectivity index (χ4n) is 14.6. The van der Waals surface area contributed by atoms with Gasteiger partial charge < -0.3 is 4.43 Å². The molecule has 0 fully saturated rings. The van der Waals surface area contributed by atoms with Gasteiger partial charge in [-0.1, -0.05) is 252 Å². The fourth-order valence-corrected chi connectivity index (χ4v) is 138. The summed E-state index contributed by atoms with van der Waals surface area (Å²) in [6, 6.07) is 12.3. The first-order valence-corrected chi connectivity index (χ1v) is 40.4. The molecule has 2 rings (SSSR count). The van der Waals surface area contributed by atoms with Crippen LogP contribution < -0.4 is 5.19 Å². The van der Waals surface area contributed by atoms with Crippen LogP contribution in [0, 0.1) is 0 Å². The molecule has 56 heavy (non-hydrogen) atoms. The number of rotatable bonds is 8. The molecule has 0 amide bonds. The highest BCUT2D eigenvalue weighted by Crippen LogP contribution is 2.70. The maximum absolute atomic E-state index is 7.86. The van der Waals surface area contributed by atoms with Crippen molar-refractivity contribution < 1.29 is 4.43 Å². The van der Waals surface area contributed by atoms with Crippen molar-refractivity contribution in [3.05, 3.63) is 54.6 Å². The van der Waals surface area contributed by atoms with Gasteiger partial charge >= 0.3 is 0 Å². The predicted octanol–water partition coefficient (Wildman–Crippen LogP) is 16.8. The summed E-state index contributed by atoms with van der Waals surface area (Å²) in [6.45, 7) is 74.6. The van der Waals surface area contributed by atoms with Crippen LogP contribution in [-0.2, 0) is 4.43 Å². The van der Waals surface area contributed by atoms with Crippen LogP contribution >= 0.6 is 0 Å². The maximum atomic E-state index is 7.86. The van der Waals surface area contributed by atoms with Crippen molar-refractivity contribution >= 4 is 50.0 Å². The molecule has 0 radical (unpaired) electrons. The summed E-state index contributed by atoms with van der Waals surface area (Å²) in [5, 5.41) is 3.13. The SMILES string of the molecule is CO[Si](C1C=CC([Si](c2ccccc2)([Si](C)(C(C)(C)C)C(C)(C)C)[Si](C)(C(C)(C)C)C(C)(C)C)C=C1)([Si](C)(C(C)(C)C)C(C)(C)C)[Si](C)(C(C)(C)C)C(C)(C)C. The highest BCUT2D eigenvalue weighted by atomic mass is 29.7. The van der Waals surface area contributed by atoms with Crippen LogP contribution in [0.3, 0.4) is 0 Å². The molecule has 0 saturated carbocycles. The lowest BCUT2D eigenvalue weighted by atomic mass is 10.2. The van der Waals surface area contributed by atoms with Crippen LogP contribution in [0.2, 0.25) is 77.6 Å². The van der Waals surface area contributed by atoms with Gasteiger partial charge in [-0.3, -0.25) is 0 Å². The average Bonchev–Trinajstić information content (AvgIpc) is 2.98. The Kier molecular flexibility index (Phi) is 14.0. The Morgan fingerprint density at radius 2 is 0.589 bits per heavy atom. The third kappa shape index (κ3) is 7.01. The zero-order valence-corrected chi connectivity index (χ0v) is 49.3. The van der Waals surface area contributed by atoms with E-state index in [4.69, 9.17) is 4.43 Å². The predicted molar refractivity (Wildman–Crippen MR) is 275 cm³/mol. The minimum atomic E-state index is -2.68. The Morgan fingerprint density at radius 1 is 0.357 bits per heavy atom. The molecule has 1 aliphatic rings. The summed E-state index contributed by atoms with van der Waals surface area (Å²) in [5.41, 5.74) is 0.759. The minimum Gasteiger partial charge on any atom is -0.425 e. The van der Waals surface area contributed by atoms with Gasteiger partial charge in [-0.15, -0.1) is 0 Å². The maximum Gasteiger partial charge on any atom is 0.180 e. The highest BCUT2D eigenvalue weighted by Gasteiger charge is 2.79. The molecule has 0 N–H and O–H groups in total. The van der Waals surface area contributed by atoms with E-state index in [-0.39, 0.29) is 40.3 Å². The highest BCUT2D eigenvalue weighted by molar-refractivity contribution is 7.76. The molecule has 0 spiro atoms. The van der Waals surface area contributed by atoms with Crippen molar-refractivity contribution in [2.24, 2.45) is 0 Å². The van der Waals surface area contributed by atoms with Crippen LogP contribution in [0.4, 0.5) is 0 Å². The van der Waals surface area contributed by atoms with Crippen molar-refractivity contribution in [2.45, 2.75) is 244 Å². The zero-order chi connectivity index (χ0) is 44.8. The smallest absolute Gasteiger partial charge is 0.180 e. The molecule has 0 aromatic heterocycles. The summed E-state index contributed by atoms with van der Waals surface area (Å²) < 4.78 is 7.86. The molecule has 0 atom stereocenters. The first kappa shape index (κ1) is 52.1. The van der Waals surface area contributed by atoms with E-state index in [1.54, 1.807) is 5.19 Å². The minimum absolute atomic E-state index is 0.160. The molecule has 1 nitrogen and oxygen atoms in total. The van der Waals surface area contributed by atoms with Gasteiger partial charge in [0, 0.05) is 12.7 Å². The summed E-state index contributed by atoms with van der Waals surface area (Å²) in [6.07, 6.45) is 11.5. The summed E-state index contributed by atoms with van der Waals surface area (Å²) in [5.74, 6) is 0. The molecule has 1 aromatic carbocycles. The first-order chi connectivity index (χ1) is 24.4. The lowest BCUT2D eigenvalue weighted by Gasteiger charge is -2.73. The van der Waals surface area contributed by atoms with E-state index in [1.165, 1.54) is 0 Å². The number of allylic oxidation sites excluding steroid dienone is 4. The molecule has 0 aliphatic heterocycles. The second kappa shape index (κ2) is 15.1. The van der Waals surface area contributed by atoms with E-state index < -0.39 is 44.8 Å². The summed E-state index contributed by atoms with van der Waals surface area (Å²) in [7, 11) is -12.2. The van der Waals surface area contributed by atoms with Gasteiger partial charge in [0.05, 0.1) is 37.5 Å². The summed E-state index contributed by atoms with van der Waals surface area (Å²) in [4.78, 5) is 0. The Labute approximate surface area is 357 Å². The summed E-state index contributed by atoms with van der Waals surface area (Å²) >= 11 is 0. The van der Waals surface area contributed by atoms with Crippen molar-refractivity contribution in [1.29, 1.82) is 0 Å². The van der Waals surface area contributed by atoms with Gasteiger partial charge in [0.2, 0.25) is 0 Å². The van der Waals surface area contributed by atoms with Crippen molar-refractivity contribution in [1.82, 2.24) is 0 Å². The Balaban J connectivity index is 3.55. The number of benzene rings is 1. The second-order valence-electron chi connectivity index (χ2n) is 27.4. The largest absolute Gasteiger partial charge is 0.425 e.